The number of methoxy groups -OCH3 is 2. The molecule has 0 fully saturated rings. The standard InChI is InChI=1S/C12H19NO2S/c1-9-6-12(15-3)10(4-5-13-8-16)7-11(9)14-2/h6-7,13,16H,4-5,8H2,1-3H3. The summed E-state index contributed by atoms with van der Waals surface area (Å²) in [5.74, 6) is 2.51. The third-order valence-corrected chi connectivity index (χ3v) is 2.70. The minimum Gasteiger partial charge on any atom is -0.496 e. The van der Waals surface area contributed by atoms with Gasteiger partial charge >= 0.3 is 0 Å². The van der Waals surface area contributed by atoms with Gasteiger partial charge in [-0.2, -0.15) is 12.6 Å². The van der Waals surface area contributed by atoms with Gasteiger partial charge in [0.05, 0.1) is 14.2 Å². The molecule has 0 bridgehead atoms. The Bertz CT molecular complexity index is 342. The third-order valence-electron chi connectivity index (χ3n) is 2.48. The van der Waals surface area contributed by atoms with Crippen LogP contribution in [-0.2, 0) is 6.42 Å². The highest BCUT2D eigenvalue weighted by atomic mass is 32.1. The van der Waals surface area contributed by atoms with E-state index in [-0.39, 0.29) is 0 Å². The van der Waals surface area contributed by atoms with Crippen LogP contribution in [-0.4, -0.2) is 26.6 Å². The molecule has 0 unspecified atom stereocenters. The molecule has 90 valence electrons. The van der Waals surface area contributed by atoms with E-state index in [2.05, 4.69) is 17.9 Å². The average molecular weight is 241 g/mol. The maximum absolute atomic E-state index is 5.35. The lowest BCUT2D eigenvalue weighted by molar-refractivity contribution is 0.396. The van der Waals surface area contributed by atoms with E-state index in [1.807, 2.05) is 19.1 Å². The van der Waals surface area contributed by atoms with E-state index >= 15 is 0 Å². The lowest BCUT2D eigenvalue weighted by Gasteiger charge is -2.13. The van der Waals surface area contributed by atoms with Gasteiger partial charge in [0.1, 0.15) is 11.5 Å². The van der Waals surface area contributed by atoms with Crippen LogP contribution in [0.5, 0.6) is 11.5 Å². The minimum absolute atomic E-state index is 0.686. The molecule has 4 heteroatoms. The van der Waals surface area contributed by atoms with E-state index < -0.39 is 0 Å². The van der Waals surface area contributed by atoms with Crippen molar-refractivity contribution in [2.45, 2.75) is 13.3 Å². The Labute approximate surface area is 103 Å². The van der Waals surface area contributed by atoms with E-state index in [4.69, 9.17) is 9.47 Å². The molecule has 3 nitrogen and oxygen atoms in total. The van der Waals surface area contributed by atoms with Crippen molar-refractivity contribution < 1.29 is 9.47 Å². The second-order valence-electron chi connectivity index (χ2n) is 3.54. The zero-order valence-electron chi connectivity index (χ0n) is 10.0. The Morgan fingerprint density at radius 2 is 1.88 bits per heavy atom. The summed E-state index contributed by atoms with van der Waals surface area (Å²) in [6.07, 6.45) is 0.903. The van der Waals surface area contributed by atoms with Crippen molar-refractivity contribution in [2.75, 3.05) is 26.6 Å². The van der Waals surface area contributed by atoms with E-state index in [0.717, 1.165) is 35.6 Å². The Morgan fingerprint density at radius 1 is 1.19 bits per heavy atom. The highest BCUT2D eigenvalue weighted by Crippen LogP contribution is 2.28. The normalized spacial score (nSPS) is 10.2. The predicted molar refractivity (Wildman–Crippen MR) is 69.8 cm³/mol. The highest BCUT2D eigenvalue weighted by molar-refractivity contribution is 7.80. The molecule has 16 heavy (non-hydrogen) atoms. The second-order valence-corrected chi connectivity index (χ2v) is 3.86. The first-order valence-electron chi connectivity index (χ1n) is 5.26. The Hall–Kier alpha value is -0.870. The summed E-state index contributed by atoms with van der Waals surface area (Å²) in [5, 5.41) is 3.17. The average Bonchev–Trinajstić information content (AvgIpc) is 2.30. The molecular formula is C12H19NO2S. The van der Waals surface area contributed by atoms with Gasteiger partial charge in [0.25, 0.3) is 0 Å². The molecule has 1 aromatic rings. The van der Waals surface area contributed by atoms with E-state index in [1.54, 1.807) is 14.2 Å². The molecule has 0 aliphatic carbocycles. The SMILES string of the molecule is COc1cc(CCNCS)c(OC)cc1C. The van der Waals surface area contributed by atoms with E-state index in [1.165, 1.54) is 0 Å². The summed E-state index contributed by atoms with van der Waals surface area (Å²) >= 11 is 4.10. The fourth-order valence-corrected chi connectivity index (χ4v) is 1.77. The maximum Gasteiger partial charge on any atom is 0.122 e. The number of ether oxygens (including phenoxy) is 2. The van der Waals surface area contributed by atoms with Crippen LogP contribution in [0.4, 0.5) is 0 Å². The van der Waals surface area contributed by atoms with Crippen LogP contribution < -0.4 is 14.8 Å². The van der Waals surface area contributed by atoms with Gasteiger partial charge < -0.3 is 14.8 Å². The molecule has 0 amide bonds. The summed E-state index contributed by atoms with van der Waals surface area (Å²) in [6.45, 7) is 2.89. The Kier molecular flexibility index (Phi) is 5.49. The fourth-order valence-electron chi connectivity index (χ4n) is 1.61. The summed E-state index contributed by atoms with van der Waals surface area (Å²) in [6, 6.07) is 4.04. The van der Waals surface area contributed by atoms with Crippen molar-refractivity contribution in [1.29, 1.82) is 0 Å². The number of rotatable bonds is 6. The second kappa shape index (κ2) is 6.66. The van der Waals surface area contributed by atoms with Gasteiger partial charge in [-0.15, -0.1) is 0 Å². The van der Waals surface area contributed by atoms with E-state index in [9.17, 15) is 0 Å². The fraction of sp³-hybridized carbons (Fsp3) is 0.500. The first-order chi connectivity index (χ1) is 7.72. The van der Waals surface area contributed by atoms with Crippen molar-refractivity contribution >= 4 is 12.6 Å². The van der Waals surface area contributed by atoms with Gasteiger partial charge in [-0.3, -0.25) is 0 Å². The molecule has 0 aliphatic rings. The number of benzene rings is 1. The van der Waals surface area contributed by atoms with Crippen molar-refractivity contribution in [2.24, 2.45) is 0 Å². The molecule has 0 aliphatic heterocycles. The lowest BCUT2D eigenvalue weighted by Crippen LogP contribution is -2.15. The molecule has 0 saturated heterocycles. The maximum atomic E-state index is 5.35. The van der Waals surface area contributed by atoms with Crippen LogP contribution in [0, 0.1) is 6.92 Å². The van der Waals surface area contributed by atoms with Gasteiger partial charge in [-0.1, -0.05) is 0 Å². The molecule has 1 N–H and O–H groups in total. The minimum atomic E-state index is 0.686. The van der Waals surface area contributed by atoms with Gasteiger partial charge in [0.15, 0.2) is 0 Å². The zero-order chi connectivity index (χ0) is 12.0. The summed E-state index contributed by atoms with van der Waals surface area (Å²) in [4.78, 5) is 0. The van der Waals surface area contributed by atoms with Crippen LogP contribution in [0.3, 0.4) is 0 Å². The topological polar surface area (TPSA) is 30.5 Å². The first kappa shape index (κ1) is 13.2. The van der Waals surface area contributed by atoms with Gasteiger partial charge in [0, 0.05) is 12.4 Å². The van der Waals surface area contributed by atoms with Crippen LogP contribution in [0.1, 0.15) is 11.1 Å². The van der Waals surface area contributed by atoms with Gasteiger partial charge in [-0.05, 0) is 36.6 Å². The predicted octanol–water partition coefficient (Wildman–Crippen LogP) is 2.03. The smallest absolute Gasteiger partial charge is 0.122 e. The van der Waals surface area contributed by atoms with Crippen LogP contribution in [0.15, 0.2) is 12.1 Å². The zero-order valence-corrected chi connectivity index (χ0v) is 10.9. The third kappa shape index (κ3) is 3.32. The van der Waals surface area contributed by atoms with Gasteiger partial charge in [0.2, 0.25) is 0 Å². The van der Waals surface area contributed by atoms with E-state index in [0.29, 0.717) is 5.88 Å². The quantitative estimate of drug-likeness (QED) is 0.454. The summed E-state index contributed by atoms with van der Waals surface area (Å²) < 4.78 is 10.7. The van der Waals surface area contributed by atoms with Crippen LogP contribution >= 0.6 is 12.6 Å². The molecule has 0 spiro atoms. The monoisotopic (exact) mass is 241 g/mol. The largest absolute Gasteiger partial charge is 0.496 e. The van der Waals surface area contributed by atoms with Crippen molar-refractivity contribution in [3.63, 3.8) is 0 Å². The Morgan fingerprint density at radius 3 is 2.44 bits per heavy atom. The molecule has 0 radical (unpaired) electrons. The molecular weight excluding hydrogens is 222 g/mol. The van der Waals surface area contributed by atoms with Crippen molar-refractivity contribution in [1.82, 2.24) is 5.32 Å². The van der Waals surface area contributed by atoms with Gasteiger partial charge in [-0.25, -0.2) is 0 Å². The van der Waals surface area contributed by atoms with Crippen LogP contribution in [0.25, 0.3) is 0 Å². The summed E-state index contributed by atoms with van der Waals surface area (Å²) in [5.41, 5.74) is 2.24. The van der Waals surface area contributed by atoms with Crippen LogP contribution in [0.2, 0.25) is 0 Å². The lowest BCUT2D eigenvalue weighted by atomic mass is 10.1. The van der Waals surface area contributed by atoms with Crippen molar-refractivity contribution in [3.8, 4) is 11.5 Å². The number of hydrogen-bond acceptors (Lipinski definition) is 4. The molecule has 0 saturated carbocycles. The van der Waals surface area contributed by atoms with Crippen molar-refractivity contribution in [3.05, 3.63) is 23.3 Å². The first-order valence-corrected chi connectivity index (χ1v) is 5.89. The summed E-state index contributed by atoms with van der Waals surface area (Å²) in [7, 11) is 3.38. The number of hydrogen-bond donors (Lipinski definition) is 2. The Balaban J connectivity index is 2.86. The number of aryl methyl sites for hydroxylation is 1. The molecule has 0 aromatic heterocycles. The highest BCUT2D eigenvalue weighted by Gasteiger charge is 2.07. The number of nitrogens with one attached hydrogen (secondary N) is 1. The molecule has 0 atom stereocenters. The molecule has 1 rings (SSSR count). The number of thiol groups is 1. The molecule has 0 heterocycles. The molecule has 1 aromatic carbocycles.